The summed E-state index contributed by atoms with van der Waals surface area (Å²) in [6.45, 7) is 2.62. The maximum Gasteiger partial charge on any atom is 0.126 e. The molecule has 1 aromatic rings. The van der Waals surface area contributed by atoms with Gasteiger partial charge >= 0.3 is 0 Å². The normalized spacial score (nSPS) is 28.4. The molecule has 3 nitrogen and oxygen atoms in total. The standard InChI is InChI=1S/C15H20F2N2O/c1-18-15(10-5-11(16)7-12(17)6-10)14-8-19-4-2-3-13(19)9-20-14/h5-7,13-15,18H,2-4,8-9H2,1H3. The summed E-state index contributed by atoms with van der Waals surface area (Å²) in [6, 6.07) is 3.98. The molecule has 0 aromatic heterocycles. The van der Waals surface area contributed by atoms with Gasteiger partial charge in [0.1, 0.15) is 11.6 Å². The second-order valence-electron chi connectivity index (χ2n) is 5.63. The van der Waals surface area contributed by atoms with Crippen molar-refractivity contribution in [2.75, 3.05) is 26.7 Å². The van der Waals surface area contributed by atoms with Crippen LogP contribution in [0.25, 0.3) is 0 Å². The van der Waals surface area contributed by atoms with Crippen LogP contribution in [0, 0.1) is 11.6 Å². The predicted molar refractivity (Wildman–Crippen MR) is 72.5 cm³/mol. The quantitative estimate of drug-likeness (QED) is 0.919. The van der Waals surface area contributed by atoms with Gasteiger partial charge in [0, 0.05) is 18.7 Å². The van der Waals surface area contributed by atoms with E-state index in [2.05, 4.69) is 10.2 Å². The van der Waals surface area contributed by atoms with Crippen molar-refractivity contribution in [3.8, 4) is 0 Å². The molecule has 3 atom stereocenters. The number of ether oxygens (including phenoxy) is 1. The van der Waals surface area contributed by atoms with Crippen molar-refractivity contribution in [2.45, 2.75) is 31.0 Å². The van der Waals surface area contributed by atoms with Crippen LogP contribution >= 0.6 is 0 Å². The van der Waals surface area contributed by atoms with Crippen molar-refractivity contribution in [3.63, 3.8) is 0 Å². The average Bonchev–Trinajstić information content (AvgIpc) is 2.86. The number of halogens is 2. The van der Waals surface area contributed by atoms with E-state index in [1.54, 1.807) is 7.05 Å². The van der Waals surface area contributed by atoms with E-state index in [4.69, 9.17) is 4.74 Å². The van der Waals surface area contributed by atoms with Gasteiger partial charge in [-0.15, -0.1) is 0 Å². The number of nitrogens with zero attached hydrogens (tertiary/aromatic N) is 1. The van der Waals surface area contributed by atoms with Gasteiger partial charge in [-0.05, 0) is 44.1 Å². The highest BCUT2D eigenvalue weighted by Crippen LogP contribution is 2.29. The Kier molecular flexibility index (Phi) is 4.01. The Hall–Kier alpha value is -1.04. The minimum atomic E-state index is -0.546. The summed E-state index contributed by atoms with van der Waals surface area (Å²) in [6.07, 6.45) is 2.32. The molecule has 0 spiro atoms. The summed E-state index contributed by atoms with van der Waals surface area (Å²) in [4.78, 5) is 2.42. The van der Waals surface area contributed by atoms with Crippen LogP contribution < -0.4 is 5.32 Å². The fraction of sp³-hybridized carbons (Fsp3) is 0.600. The van der Waals surface area contributed by atoms with E-state index in [9.17, 15) is 8.78 Å². The number of hydrogen-bond acceptors (Lipinski definition) is 3. The minimum Gasteiger partial charge on any atom is -0.373 e. The molecule has 2 aliphatic heterocycles. The number of fused-ring (bicyclic) bond motifs is 1. The monoisotopic (exact) mass is 282 g/mol. The SMILES string of the molecule is CNC(c1cc(F)cc(F)c1)C1CN2CCCC2CO1. The Morgan fingerprint density at radius 3 is 2.75 bits per heavy atom. The smallest absolute Gasteiger partial charge is 0.126 e. The summed E-state index contributed by atoms with van der Waals surface area (Å²) in [5, 5.41) is 3.14. The topological polar surface area (TPSA) is 24.5 Å². The van der Waals surface area contributed by atoms with Crippen molar-refractivity contribution >= 4 is 0 Å². The van der Waals surface area contributed by atoms with Crippen molar-refractivity contribution in [3.05, 3.63) is 35.4 Å². The summed E-state index contributed by atoms with van der Waals surface area (Å²) in [5.74, 6) is -1.09. The number of morpholine rings is 1. The largest absolute Gasteiger partial charge is 0.373 e. The first-order valence-corrected chi connectivity index (χ1v) is 7.16. The second kappa shape index (κ2) is 5.76. The van der Waals surface area contributed by atoms with Gasteiger partial charge in [0.05, 0.1) is 18.8 Å². The number of likely N-dealkylation sites (N-methyl/N-ethyl adjacent to an activating group) is 1. The molecule has 5 heteroatoms. The zero-order valence-electron chi connectivity index (χ0n) is 11.6. The Morgan fingerprint density at radius 2 is 2.05 bits per heavy atom. The first kappa shape index (κ1) is 13.9. The van der Waals surface area contributed by atoms with Crippen LogP contribution in [-0.4, -0.2) is 43.8 Å². The number of benzene rings is 1. The molecule has 0 amide bonds. The molecule has 2 heterocycles. The fourth-order valence-electron chi connectivity index (χ4n) is 3.37. The van der Waals surface area contributed by atoms with Crippen LogP contribution in [0.4, 0.5) is 8.78 Å². The Balaban J connectivity index is 1.79. The lowest BCUT2D eigenvalue weighted by atomic mass is 9.99. The predicted octanol–water partition coefficient (Wildman–Crippen LogP) is 2.09. The molecular formula is C15H20F2N2O. The van der Waals surface area contributed by atoms with E-state index in [-0.39, 0.29) is 12.1 Å². The van der Waals surface area contributed by atoms with Crippen LogP contribution in [0.5, 0.6) is 0 Å². The Morgan fingerprint density at radius 1 is 1.30 bits per heavy atom. The highest BCUT2D eigenvalue weighted by molar-refractivity contribution is 5.23. The zero-order valence-corrected chi connectivity index (χ0v) is 11.6. The molecule has 0 bridgehead atoms. The van der Waals surface area contributed by atoms with Crippen LogP contribution in [0.2, 0.25) is 0 Å². The van der Waals surface area contributed by atoms with Crippen molar-refractivity contribution in [1.29, 1.82) is 0 Å². The van der Waals surface area contributed by atoms with Crippen LogP contribution in [-0.2, 0) is 4.74 Å². The third-order valence-corrected chi connectivity index (χ3v) is 4.34. The maximum absolute atomic E-state index is 13.4. The van der Waals surface area contributed by atoms with Crippen LogP contribution in [0.15, 0.2) is 18.2 Å². The summed E-state index contributed by atoms with van der Waals surface area (Å²) in [7, 11) is 1.80. The van der Waals surface area contributed by atoms with Gasteiger partial charge in [0.15, 0.2) is 0 Å². The molecular weight excluding hydrogens is 262 g/mol. The van der Waals surface area contributed by atoms with E-state index in [1.807, 2.05) is 0 Å². The number of nitrogens with one attached hydrogen (secondary N) is 1. The van der Waals surface area contributed by atoms with Gasteiger partial charge < -0.3 is 10.1 Å². The molecule has 1 N–H and O–H groups in total. The number of hydrogen-bond donors (Lipinski definition) is 1. The van der Waals surface area contributed by atoms with Crippen molar-refractivity contribution in [2.24, 2.45) is 0 Å². The third kappa shape index (κ3) is 2.71. The first-order valence-electron chi connectivity index (χ1n) is 7.16. The molecule has 3 rings (SSSR count). The van der Waals surface area contributed by atoms with Gasteiger partial charge in [-0.2, -0.15) is 0 Å². The van der Waals surface area contributed by atoms with Crippen LogP contribution in [0.1, 0.15) is 24.4 Å². The van der Waals surface area contributed by atoms with Crippen molar-refractivity contribution < 1.29 is 13.5 Å². The van der Waals surface area contributed by atoms with Crippen molar-refractivity contribution in [1.82, 2.24) is 10.2 Å². The third-order valence-electron chi connectivity index (χ3n) is 4.34. The Bertz CT molecular complexity index is 463. The van der Waals surface area contributed by atoms with Gasteiger partial charge in [-0.1, -0.05) is 0 Å². The molecule has 2 saturated heterocycles. The van der Waals surface area contributed by atoms with E-state index >= 15 is 0 Å². The van der Waals surface area contributed by atoms with E-state index in [1.165, 1.54) is 25.0 Å². The molecule has 2 fully saturated rings. The molecule has 20 heavy (non-hydrogen) atoms. The van der Waals surface area contributed by atoms with E-state index in [0.29, 0.717) is 18.2 Å². The number of rotatable bonds is 3. The molecule has 110 valence electrons. The second-order valence-corrected chi connectivity index (χ2v) is 5.63. The molecule has 2 aliphatic rings. The summed E-state index contributed by atoms with van der Waals surface area (Å²) >= 11 is 0. The van der Waals surface area contributed by atoms with Gasteiger partial charge in [0.25, 0.3) is 0 Å². The first-order chi connectivity index (χ1) is 9.67. The average molecular weight is 282 g/mol. The van der Waals surface area contributed by atoms with E-state index < -0.39 is 11.6 Å². The summed E-state index contributed by atoms with van der Waals surface area (Å²) in [5.41, 5.74) is 0.604. The molecule has 3 unspecified atom stereocenters. The Labute approximate surface area is 117 Å². The lowest BCUT2D eigenvalue weighted by molar-refractivity contribution is -0.0643. The lowest BCUT2D eigenvalue weighted by Crippen LogP contribution is -2.50. The van der Waals surface area contributed by atoms with Gasteiger partial charge in [-0.25, -0.2) is 8.78 Å². The maximum atomic E-state index is 13.4. The molecule has 0 saturated carbocycles. The lowest BCUT2D eigenvalue weighted by Gasteiger charge is -2.39. The highest BCUT2D eigenvalue weighted by atomic mass is 19.1. The molecule has 0 aliphatic carbocycles. The molecule has 1 aromatic carbocycles. The zero-order chi connectivity index (χ0) is 14.1. The van der Waals surface area contributed by atoms with Gasteiger partial charge in [-0.3, -0.25) is 4.90 Å². The highest BCUT2D eigenvalue weighted by Gasteiger charge is 2.36. The summed E-state index contributed by atoms with van der Waals surface area (Å²) < 4.78 is 32.7. The van der Waals surface area contributed by atoms with Crippen LogP contribution in [0.3, 0.4) is 0 Å². The van der Waals surface area contributed by atoms with E-state index in [0.717, 1.165) is 19.2 Å². The fourth-order valence-corrected chi connectivity index (χ4v) is 3.37. The van der Waals surface area contributed by atoms with Gasteiger partial charge in [0.2, 0.25) is 0 Å². The molecule has 0 radical (unpaired) electrons. The minimum absolute atomic E-state index is 0.0736.